The van der Waals surface area contributed by atoms with Crippen LogP contribution < -0.4 is 0 Å². The third-order valence-electron chi connectivity index (χ3n) is 5.30. The van der Waals surface area contributed by atoms with Crippen molar-refractivity contribution in [1.29, 1.82) is 5.26 Å². The van der Waals surface area contributed by atoms with E-state index < -0.39 is 0 Å². The number of hydrogen-bond donors (Lipinski definition) is 0. The fourth-order valence-corrected chi connectivity index (χ4v) is 4.92. The molecule has 0 aromatic carbocycles. The molecule has 2 heteroatoms. The molecular formula is C13H20N2. The normalized spacial score (nSPS) is 52.1. The predicted molar refractivity (Wildman–Crippen MR) is 59.1 cm³/mol. The van der Waals surface area contributed by atoms with Gasteiger partial charge in [0.1, 0.15) is 5.54 Å². The van der Waals surface area contributed by atoms with Gasteiger partial charge in [-0.05, 0) is 69.9 Å². The fourth-order valence-electron chi connectivity index (χ4n) is 4.92. The van der Waals surface area contributed by atoms with Crippen molar-refractivity contribution in [1.82, 2.24) is 4.90 Å². The van der Waals surface area contributed by atoms with Crippen LogP contribution in [0.2, 0.25) is 0 Å². The summed E-state index contributed by atoms with van der Waals surface area (Å²) in [7, 11) is 4.21. The Kier molecular flexibility index (Phi) is 1.92. The molecule has 0 unspecified atom stereocenters. The Balaban J connectivity index is 2.01. The van der Waals surface area contributed by atoms with E-state index in [-0.39, 0.29) is 5.54 Å². The van der Waals surface area contributed by atoms with Crippen LogP contribution in [0.1, 0.15) is 32.1 Å². The average Bonchev–Trinajstić information content (AvgIpc) is 2.16. The Labute approximate surface area is 92.3 Å². The minimum atomic E-state index is -0.118. The van der Waals surface area contributed by atoms with Gasteiger partial charge >= 0.3 is 0 Å². The number of nitrogens with zero attached hydrogens (tertiary/aromatic N) is 2. The van der Waals surface area contributed by atoms with E-state index in [4.69, 9.17) is 0 Å². The van der Waals surface area contributed by atoms with Gasteiger partial charge in [0.05, 0.1) is 6.07 Å². The molecule has 4 aliphatic rings. The SMILES string of the molecule is CN(C)C1(C#N)C2CC3CC(C2)CC1C3. The van der Waals surface area contributed by atoms with Gasteiger partial charge in [0.2, 0.25) is 0 Å². The highest BCUT2D eigenvalue weighted by Gasteiger charge is 2.58. The molecule has 4 saturated carbocycles. The van der Waals surface area contributed by atoms with Crippen LogP contribution in [0.3, 0.4) is 0 Å². The molecule has 0 saturated heterocycles. The first-order valence-electron chi connectivity index (χ1n) is 6.25. The van der Waals surface area contributed by atoms with E-state index in [1.165, 1.54) is 32.1 Å². The van der Waals surface area contributed by atoms with Crippen LogP contribution in [0.4, 0.5) is 0 Å². The smallest absolute Gasteiger partial charge is 0.114 e. The topological polar surface area (TPSA) is 27.0 Å². The fraction of sp³-hybridized carbons (Fsp3) is 0.923. The molecule has 4 aliphatic carbocycles. The lowest BCUT2D eigenvalue weighted by Crippen LogP contribution is -2.63. The van der Waals surface area contributed by atoms with Gasteiger partial charge in [-0.1, -0.05) is 0 Å². The molecule has 0 radical (unpaired) electrons. The lowest BCUT2D eigenvalue weighted by molar-refractivity contribution is -0.0893. The predicted octanol–water partition coefficient (Wildman–Crippen LogP) is 2.27. The van der Waals surface area contributed by atoms with Crippen molar-refractivity contribution in [3.8, 4) is 6.07 Å². The summed E-state index contributed by atoms with van der Waals surface area (Å²) in [4.78, 5) is 2.22. The molecule has 4 bridgehead atoms. The van der Waals surface area contributed by atoms with Crippen molar-refractivity contribution >= 4 is 0 Å². The second-order valence-electron chi connectivity index (χ2n) is 6.14. The summed E-state index contributed by atoms with van der Waals surface area (Å²) in [6.07, 6.45) is 6.73. The summed E-state index contributed by atoms with van der Waals surface area (Å²) in [6, 6.07) is 2.69. The highest BCUT2D eigenvalue weighted by atomic mass is 15.2. The molecule has 4 rings (SSSR count). The van der Waals surface area contributed by atoms with Crippen molar-refractivity contribution in [2.24, 2.45) is 23.7 Å². The largest absolute Gasteiger partial charge is 0.291 e. The molecule has 0 heterocycles. The Morgan fingerprint density at radius 1 is 1.00 bits per heavy atom. The first-order valence-corrected chi connectivity index (χ1v) is 6.25. The van der Waals surface area contributed by atoms with Gasteiger partial charge in [-0.25, -0.2) is 0 Å². The van der Waals surface area contributed by atoms with E-state index in [2.05, 4.69) is 25.1 Å². The summed E-state index contributed by atoms with van der Waals surface area (Å²) >= 11 is 0. The van der Waals surface area contributed by atoms with Crippen molar-refractivity contribution in [2.45, 2.75) is 37.6 Å². The van der Waals surface area contributed by atoms with Gasteiger partial charge in [-0.2, -0.15) is 5.26 Å². The molecule has 0 aliphatic heterocycles. The van der Waals surface area contributed by atoms with Crippen molar-refractivity contribution in [3.05, 3.63) is 0 Å². The van der Waals surface area contributed by atoms with E-state index in [1.807, 2.05) is 0 Å². The maximum atomic E-state index is 9.63. The van der Waals surface area contributed by atoms with Crippen molar-refractivity contribution < 1.29 is 0 Å². The maximum absolute atomic E-state index is 9.63. The Morgan fingerprint density at radius 3 is 1.80 bits per heavy atom. The van der Waals surface area contributed by atoms with E-state index >= 15 is 0 Å². The third-order valence-corrected chi connectivity index (χ3v) is 5.30. The lowest BCUT2D eigenvalue weighted by atomic mass is 9.48. The van der Waals surface area contributed by atoms with Crippen LogP contribution in [-0.4, -0.2) is 24.5 Å². The zero-order valence-electron chi connectivity index (χ0n) is 9.74. The van der Waals surface area contributed by atoms with Crippen LogP contribution in [0.25, 0.3) is 0 Å². The zero-order chi connectivity index (χ0) is 10.6. The van der Waals surface area contributed by atoms with Gasteiger partial charge < -0.3 is 0 Å². The lowest BCUT2D eigenvalue weighted by Gasteiger charge is -2.60. The van der Waals surface area contributed by atoms with Crippen LogP contribution in [0.15, 0.2) is 0 Å². The highest BCUT2D eigenvalue weighted by Crippen LogP contribution is 2.59. The minimum Gasteiger partial charge on any atom is -0.291 e. The summed E-state index contributed by atoms with van der Waals surface area (Å²) in [5.74, 6) is 3.23. The van der Waals surface area contributed by atoms with Gasteiger partial charge in [0.15, 0.2) is 0 Å². The molecule has 0 aromatic heterocycles. The van der Waals surface area contributed by atoms with Crippen molar-refractivity contribution in [3.63, 3.8) is 0 Å². The number of hydrogen-bond acceptors (Lipinski definition) is 2. The minimum absolute atomic E-state index is 0.118. The summed E-state index contributed by atoms with van der Waals surface area (Å²) in [5, 5.41) is 9.63. The first-order chi connectivity index (χ1) is 7.16. The van der Waals surface area contributed by atoms with Gasteiger partial charge in [-0.3, -0.25) is 4.90 Å². The summed E-state index contributed by atoms with van der Waals surface area (Å²) in [6.45, 7) is 0. The quantitative estimate of drug-likeness (QED) is 0.655. The molecule has 15 heavy (non-hydrogen) atoms. The van der Waals surface area contributed by atoms with Gasteiger partial charge in [0.25, 0.3) is 0 Å². The highest BCUT2D eigenvalue weighted by molar-refractivity contribution is 5.21. The number of rotatable bonds is 1. The van der Waals surface area contributed by atoms with E-state index in [9.17, 15) is 5.26 Å². The molecule has 0 N–H and O–H groups in total. The zero-order valence-corrected chi connectivity index (χ0v) is 9.74. The number of nitriles is 1. The van der Waals surface area contributed by atoms with E-state index in [1.54, 1.807) is 0 Å². The molecule has 4 fully saturated rings. The average molecular weight is 204 g/mol. The second kappa shape index (κ2) is 2.98. The third kappa shape index (κ3) is 1.08. The van der Waals surface area contributed by atoms with Crippen LogP contribution in [0, 0.1) is 35.0 Å². The van der Waals surface area contributed by atoms with Crippen molar-refractivity contribution in [2.75, 3.05) is 14.1 Å². The van der Waals surface area contributed by atoms with Gasteiger partial charge in [0, 0.05) is 0 Å². The molecule has 0 spiro atoms. The van der Waals surface area contributed by atoms with Crippen LogP contribution in [-0.2, 0) is 0 Å². The molecule has 2 nitrogen and oxygen atoms in total. The molecular weight excluding hydrogens is 184 g/mol. The molecule has 0 aromatic rings. The Hall–Kier alpha value is -0.550. The molecule has 82 valence electrons. The maximum Gasteiger partial charge on any atom is 0.114 e. The Bertz CT molecular complexity index is 285. The standard InChI is InChI=1S/C13H20N2/c1-15(2)13(8-14)11-4-9-3-10(6-11)7-12(13)5-9/h9-12H,3-7H2,1-2H3. The summed E-state index contributed by atoms with van der Waals surface area (Å²) < 4.78 is 0. The first kappa shape index (κ1) is 9.66. The van der Waals surface area contributed by atoms with Gasteiger partial charge in [-0.15, -0.1) is 0 Å². The molecule has 0 atom stereocenters. The van der Waals surface area contributed by atoms with Crippen LogP contribution in [0.5, 0.6) is 0 Å². The van der Waals surface area contributed by atoms with E-state index in [0.29, 0.717) is 11.8 Å². The monoisotopic (exact) mass is 204 g/mol. The Morgan fingerprint density at radius 2 is 1.47 bits per heavy atom. The van der Waals surface area contributed by atoms with E-state index in [0.717, 1.165) is 11.8 Å². The van der Waals surface area contributed by atoms with Crippen LogP contribution >= 0.6 is 0 Å². The second-order valence-corrected chi connectivity index (χ2v) is 6.14. The summed E-state index contributed by atoms with van der Waals surface area (Å²) in [5.41, 5.74) is -0.118. The molecule has 0 amide bonds.